The van der Waals surface area contributed by atoms with Crippen LogP contribution in [0, 0.1) is 3.57 Å². The van der Waals surface area contributed by atoms with E-state index in [4.69, 9.17) is 0 Å². The number of halogens is 6. The van der Waals surface area contributed by atoms with Crippen LogP contribution in [-0.4, -0.2) is 18.1 Å². The van der Waals surface area contributed by atoms with E-state index in [0.717, 1.165) is 29.7 Å². The smallest absolute Gasteiger partial charge is 0.434 e. The van der Waals surface area contributed by atoms with Crippen LogP contribution < -0.4 is 0 Å². The van der Waals surface area contributed by atoms with Crippen molar-refractivity contribution >= 4 is 28.6 Å². The summed E-state index contributed by atoms with van der Waals surface area (Å²) in [4.78, 5) is 14.2. The second-order valence-electron chi connectivity index (χ2n) is 3.04. The van der Waals surface area contributed by atoms with Gasteiger partial charge in [-0.2, -0.15) is 13.2 Å². The predicted molar refractivity (Wildman–Crippen MR) is 58.3 cm³/mol. The van der Waals surface area contributed by atoms with Crippen molar-refractivity contribution < 1.29 is 31.5 Å². The van der Waals surface area contributed by atoms with E-state index in [1.54, 1.807) is 0 Å². The van der Waals surface area contributed by atoms with Crippen LogP contribution in [0.1, 0.15) is 28.0 Å². The largest absolute Gasteiger partial charge is 0.465 e. The Labute approximate surface area is 111 Å². The molecular formula is C9H5F5INO2. The molecule has 0 aromatic carbocycles. The van der Waals surface area contributed by atoms with Crippen molar-refractivity contribution in [3.63, 3.8) is 0 Å². The highest BCUT2D eigenvalue weighted by molar-refractivity contribution is 14.1. The first-order chi connectivity index (χ1) is 8.20. The lowest BCUT2D eigenvalue weighted by molar-refractivity contribution is -0.142. The Balaban J connectivity index is 3.55. The van der Waals surface area contributed by atoms with Crippen LogP contribution in [-0.2, 0) is 10.9 Å². The topological polar surface area (TPSA) is 39.2 Å². The van der Waals surface area contributed by atoms with Gasteiger partial charge in [0.05, 0.1) is 21.8 Å². The second-order valence-corrected chi connectivity index (χ2v) is 4.12. The molecule has 1 aromatic heterocycles. The molecule has 0 radical (unpaired) electrons. The maximum Gasteiger partial charge on any atom is 0.434 e. The van der Waals surface area contributed by atoms with E-state index in [2.05, 4.69) is 9.72 Å². The number of ether oxygens (including phenoxy) is 1. The molecule has 1 heterocycles. The molecule has 0 bridgehead atoms. The minimum atomic E-state index is -4.83. The summed E-state index contributed by atoms with van der Waals surface area (Å²) in [5.74, 6) is -1.26. The van der Waals surface area contributed by atoms with Gasteiger partial charge in [0.1, 0.15) is 0 Å². The molecule has 0 aliphatic heterocycles. The van der Waals surface area contributed by atoms with Crippen LogP contribution in [0.2, 0.25) is 0 Å². The molecule has 0 amide bonds. The highest BCUT2D eigenvalue weighted by Crippen LogP contribution is 2.35. The van der Waals surface area contributed by atoms with Gasteiger partial charge in [0.25, 0.3) is 6.43 Å². The molecule has 0 saturated heterocycles. The number of pyridine rings is 1. The minimum Gasteiger partial charge on any atom is -0.465 e. The summed E-state index contributed by atoms with van der Waals surface area (Å²) in [5, 5.41) is 0. The van der Waals surface area contributed by atoms with E-state index in [0.29, 0.717) is 6.20 Å². The Kier molecular flexibility index (Phi) is 4.46. The second kappa shape index (κ2) is 5.33. The molecule has 0 saturated carbocycles. The molecular weight excluding hydrogens is 376 g/mol. The Hall–Kier alpha value is -1.00. The summed E-state index contributed by atoms with van der Waals surface area (Å²) < 4.78 is 66.3. The Morgan fingerprint density at radius 3 is 2.39 bits per heavy atom. The molecule has 9 heteroatoms. The first-order valence-electron chi connectivity index (χ1n) is 4.32. The van der Waals surface area contributed by atoms with E-state index in [9.17, 15) is 26.7 Å². The SMILES string of the molecule is COC(=O)c1c(C(F)F)cnc(C(F)(F)F)c1I. The van der Waals surface area contributed by atoms with Gasteiger partial charge < -0.3 is 4.74 Å². The summed E-state index contributed by atoms with van der Waals surface area (Å²) in [5.41, 5.74) is -3.09. The van der Waals surface area contributed by atoms with Crippen molar-refractivity contribution in [3.8, 4) is 0 Å². The molecule has 0 fully saturated rings. The Morgan fingerprint density at radius 1 is 1.44 bits per heavy atom. The van der Waals surface area contributed by atoms with Crippen LogP contribution >= 0.6 is 22.6 Å². The van der Waals surface area contributed by atoms with E-state index in [-0.39, 0.29) is 0 Å². The van der Waals surface area contributed by atoms with Gasteiger partial charge >= 0.3 is 12.1 Å². The number of methoxy groups -OCH3 is 1. The molecule has 0 spiro atoms. The number of carbonyl (C=O) groups is 1. The lowest BCUT2D eigenvalue weighted by atomic mass is 10.1. The number of nitrogens with zero attached hydrogens (tertiary/aromatic N) is 1. The molecule has 0 N–H and O–H groups in total. The molecule has 0 aliphatic rings. The van der Waals surface area contributed by atoms with Crippen LogP contribution in [0.25, 0.3) is 0 Å². The van der Waals surface area contributed by atoms with Crippen molar-refractivity contribution in [1.82, 2.24) is 4.98 Å². The van der Waals surface area contributed by atoms with Crippen molar-refractivity contribution in [2.24, 2.45) is 0 Å². The van der Waals surface area contributed by atoms with E-state index >= 15 is 0 Å². The van der Waals surface area contributed by atoms with Gasteiger partial charge in [-0.15, -0.1) is 0 Å². The molecule has 1 rings (SSSR count). The van der Waals surface area contributed by atoms with Crippen molar-refractivity contribution in [2.75, 3.05) is 7.11 Å². The lowest BCUT2D eigenvalue weighted by Gasteiger charge is -2.14. The fourth-order valence-electron chi connectivity index (χ4n) is 1.17. The molecule has 0 aliphatic carbocycles. The van der Waals surface area contributed by atoms with E-state index < -0.39 is 39.0 Å². The predicted octanol–water partition coefficient (Wildman–Crippen LogP) is 3.43. The number of alkyl halides is 5. The fourth-order valence-corrected chi connectivity index (χ4v) is 2.15. The quantitative estimate of drug-likeness (QED) is 0.448. The first-order valence-corrected chi connectivity index (χ1v) is 5.40. The third kappa shape index (κ3) is 2.87. The van der Waals surface area contributed by atoms with Crippen LogP contribution in [0.5, 0.6) is 0 Å². The molecule has 0 unspecified atom stereocenters. The number of hydrogen-bond acceptors (Lipinski definition) is 3. The number of carbonyl (C=O) groups excluding carboxylic acids is 1. The fraction of sp³-hybridized carbons (Fsp3) is 0.333. The highest BCUT2D eigenvalue weighted by atomic mass is 127. The number of hydrogen-bond donors (Lipinski definition) is 0. The Morgan fingerprint density at radius 2 is 2.00 bits per heavy atom. The van der Waals surface area contributed by atoms with Crippen molar-refractivity contribution in [2.45, 2.75) is 12.6 Å². The van der Waals surface area contributed by atoms with Crippen LogP contribution in [0.4, 0.5) is 22.0 Å². The zero-order valence-corrected chi connectivity index (χ0v) is 10.8. The van der Waals surface area contributed by atoms with Gasteiger partial charge in [-0.3, -0.25) is 4.98 Å². The maximum atomic E-state index is 12.6. The normalized spacial score (nSPS) is 11.8. The van der Waals surface area contributed by atoms with Crippen LogP contribution in [0.3, 0.4) is 0 Å². The standard InChI is InChI=1S/C9H5F5INO2/c1-18-8(17)4-3(7(10)11)2-16-6(5(4)15)9(12,13)14/h2,7H,1H3. The van der Waals surface area contributed by atoms with Gasteiger partial charge in [0.2, 0.25) is 0 Å². The maximum absolute atomic E-state index is 12.6. The molecule has 0 atom stereocenters. The lowest BCUT2D eigenvalue weighted by Crippen LogP contribution is -2.17. The van der Waals surface area contributed by atoms with Gasteiger partial charge in [0.15, 0.2) is 5.69 Å². The zero-order chi connectivity index (χ0) is 14.1. The summed E-state index contributed by atoms with van der Waals surface area (Å²) in [7, 11) is 0.890. The van der Waals surface area contributed by atoms with E-state index in [1.165, 1.54) is 0 Å². The zero-order valence-electron chi connectivity index (χ0n) is 8.69. The summed E-state index contributed by atoms with van der Waals surface area (Å²) in [6.07, 6.45) is -7.62. The average Bonchev–Trinajstić information content (AvgIpc) is 2.25. The molecule has 100 valence electrons. The molecule has 3 nitrogen and oxygen atoms in total. The number of esters is 1. The van der Waals surface area contributed by atoms with Gasteiger partial charge in [-0.05, 0) is 22.6 Å². The average molecular weight is 381 g/mol. The summed E-state index contributed by atoms with van der Waals surface area (Å²) in [6.45, 7) is 0. The number of rotatable bonds is 2. The van der Waals surface area contributed by atoms with E-state index in [1.807, 2.05) is 0 Å². The van der Waals surface area contributed by atoms with Gasteiger partial charge in [-0.25, -0.2) is 13.6 Å². The minimum absolute atomic E-state index is 0.335. The van der Waals surface area contributed by atoms with Gasteiger partial charge in [0, 0.05) is 6.20 Å². The third-order valence-corrected chi connectivity index (χ3v) is 2.99. The first kappa shape index (κ1) is 15.1. The van der Waals surface area contributed by atoms with Crippen molar-refractivity contribution in [3.05, 3.63) is 26.6 Å². The van der Waals surface area contributed by atoms with Crippen molar-refractivity contribution in [1.29, 1.82) is 0 Å². The number of aromatic nitrogens is 1. The molecule has 18 heavy (non-hydrogen) atoms. The monoisotopic (exact) mass is 381 g/mol. The molecule has 1 aromatic rings. The Bertz CT molecular complexity index is 475. The summed E-state index contributed by atoms with van der Waals surface area (Å²) >= 11 is 1.15. The van der Waals surface area contributed by atoms with Crippen LogP contribution in [0.15, 0.2) is 6.20 Å². The van der Waals surface area contributed by atoms with Gasteiger partial charge in [-0.1, -0.05) is 0 Å². The third-order valence-electron chi connectivity index (χ3n) is 1.94. The summed E-state index contributed by atoms with van der Waals surface area (Å²) in [6, 6.07) is 0. The highest BCUT2D eigenvalue weighted by Gasteiger charge is 2.38.